The van der Waals surface area contributed by atoms with Gasteiger partial charge in [0.25, 0.3) is 0 Å². The second kappa shape index (κ2) is 6.35. The molecule has 0 saturated carbocycles. The minimum absolute atomic E-state index is 0.378. The zero-order valence-corrected chi connectivity index (χ0v) is 12.8. The topological polar surface area (TPSA) is 41.1 Å². The van der Waals surface area contributed by atoms with E-state index < -0.39 is 0 Å². The van der Waals surface area contributed by atoms with Gasteiger partial charge in [-0.3, -0.25) is 0 Å². The van der Waals surface area contributed by atoms with Crippen LogP contribution in [0, 0.1) is 6.92 Å². The summed E-state index contributed by atoms with van der Waals surface area (Å²) in [4.78, 5) is 11.8. The van der Waals surface area contributed by atoms with E-state index in [2.05, 4.69) is 10.6 Å². The van der Waals surface area contributed by atoms with Crippen LogP contribution in [0.4, 0.5) is 16.2 Å². The average molecular weight is 330 g/mol. The number of nitrogens with one attached hydrogen (secondary N) is 2. The molecular formula is C14H11Cl3N2O. The van der Waals surface area contributed by atoms with Crippen LogP contribution in [0.25, 0.3) is 0 Å². The maximum Gasteiger partial charge on any atom is 0.323 e. The van der Waals surface area contributed by atoms with Gasteiger partial charge in [-0.2, -0.15) is 0 Å². The number of hydrogen-bond acceptors (Lipinski definition) is 1. The summed E-state index contributed by atoms with van der Waals surface area (Å²) in [6.07, 6.45) is 0. The molecule has 0 radical (unpaired) electrons. The summed E-state index contributed by atoms with van der Waals surface area (Å²) in [5.41, 5.74) is 2.11. The molecule has 2 aromatic carbocycles. The first kappa shape index (κ1) is 15.0. The van der Waals surface area contributed by atoms with Crippen molar-refractivity contribution in [2.24, 2.45) is 0 Å². The van der Waals surface area contributed by atoms with E-state index in [9.17, 15) is 4.79 Å². The SMILES string of the molecule is Cc1ccc(NC(=O)Nc2ccc(Cl)c(Cl)c2)cc1Cl. The van der Waals surface area contributed by atoms with Crippen molar-refractivity contribution in [3.8, 4) is 0 Å². The minimum atomic E-state index is -0.386. The number of hydrogen-bond donors (Lipinski definition) is 2. The molecule has 2 amide bonds. The highest BCUT2D eigenvalue weighted by molar-refractivity contribution is 6.42. The minimum Gasteiger partial charge on any atom is -0.308 e. The van der Waals surface area contributed by atoms with E-state index in [0.717, 1.165) is 5.56 Å². The van der Waals surface area contributed by atoms with Gasteiger partial charge in [-0.25, -0.2) is 4.79 Å². The lowest BCUT2D eigenvalue weighted by Gasteiger charge is -2.09. The van der Waals surface area contributed by atoms with Crippen LogP contribution in [0.5, 0.6) is 0 Å². The van der Waals surface area contributed by atoms with Crippen LogP contribution in [0.15, 0.2) is 36.4 Å². The van der Waals surface area contributed by atoms with Gasteiger partial charge in [0.05, 0.1) is 10.0 Å². The fourth-order valence-electron chi connectivity index (χ4n) is 1.54. The van der Waals surface area contributed by atoms with E-state index in [4.69, 9.17) is 34.8 Å². The number of anilines is 2. The Morgan fingerprint density at radius 1 is 0.850 bits per heavy atom. The predicted octanol–water partition coefficient (Wildman–Crippen LogP) is 5.60. The van der Waals surface area contributed by atoms with Gasteiger partial charge >= 0.3 is 6.03 Å². The van der Waals surface area contributed by atoms with Gasteiger partial charge in [0.15, 0.2) is 0 Å². The van der Waals surface area contributed by atoms with Crippen LogP contribution in [0.2, 0.25) is 15.1 Å². The lowest BCUT2D eigenvalue weighted by Crippen LogP contribution is -2.19. The number of carbonyl (C=O) groups is 1. The standard InChI is InChI=1S/C14H11Cl3N2O/c1-8-2-3-9(6-12(8)16)18-14(20)19-10-4-5-11(15)13(17)7-10/h2-7H,1H3,(H2,18,19,20). The molecule has 0 bridgehead atoms. The molecule has 20 heavy (non-hydrogen) atoms. The van der Waals surface area contributed by atoms with Crippen molar-refractivity contribution in [2.45, 2.75) is 6.92 Å². The number of halogens is 3. The molecule has 0 aliphatic carbocycles. The number of amides is 2. The van der Waals surface area contributed by atoms with Crippen LogP contribution in [0.3, 0.4) is 0 Å². The maximum atomic E-state index is 11.8. The van der Waals surface area contributed by atoms with Gasteiger partial charge in [-0.1, -0.05) is 40.9 Å². The van der Waals surface area contributed by atoms with Gasteiger partial charge in [0, 0.05) is 16.4 Å². The molecule has 104 valence electrons. The molecule has 2 aromatic rings. The molecule has 0 heterocycles. The molecule has 2 rings (SSSR count). The van der Waals surface area contributed by atoms with Crippen LogP contribution in [-0.4, -0.2) is 6.03 Å². The Bertz CT molecular complexity index is 603. The van der Waals surface area contributed by atoms with Crippen molar-refractivity contribution < 1.29 is 4.79 Å². The zero-order chi connectivity index (χ0) is 14.7. The molecule has 0 atom stereocenters. The molecule has 0 unspecified atom stereocenters. The maximum absolute atomic E-state index is 11.8. The molecular weight excluding hydrogens is 319 g/mol. The lowest BCUT2D eigenvalue weighted by molar-refractivity contribution is 0.262. The summed E-state index contributed by atoms with van der Waals surface area (Å²) in [5.74, 6) is 0. The third-order valence-corrected chi connectivity index (χ3v) is 3.75. The lowest BCUT2D eigenvalue weighted by atomic mass is 10.2. The Morgan fingerprint density at radius 2 is 1.40 bits per heavy atom. The first-order valence-corrected chi connectivity index (χ1v) is 6.88. The molecule has 6 heteroatoms. The molecule has 0 aliphatic rings. The number of rotatable bonds is 2. The fraction of sp³-hybridized carbons (Fsp3) is 0.0714. The van der Waals surface area contributed by atoms with Crippen LogP contribution >= 0.6 is 34.8 Å². The van der Waals surface area contributed by atoms with Crippen LogP contribution in [0.1, 0.15) is 5.56 Å². The van der Waals surface area contributed by atoms with Crippen molar-refractivity contribution in [2.75, 3.05) is 10.6 Å². The van der Waals surface area contributed by atoms with Gasteiger partial charge in [-0.15, -0.1) is 0 Å². The quantitative estimate of drug-likeness (QED) is 0.740. The largest absolute Gasteiger partial charge is 0.323 e. The van der Waals surface area contributed by atoms with Gasteiger partial charge < -0.3 is 10.6 Å². The number of urea groups is 1. The van der Waals surface area contributed by atoms with Gasteiger partial charge in [0.1, 0.15) is 0 Å². The Labute approximate surface area is 131 Å². The third-order valence-electron chi connectivity index (χ3n) is 2.61. The van der Waals surface area contributed by atoms with Gasteiger partial charge in [0.2, 0.25) is 0 Å². The fourth-order valence-corrected chi connectivity index (χ4v) is 2.02. The van der Waals surface area contributed by atoms with Crippen LogP contribution < -0.4 is 10.6 Å². The highest BCUT2D eigenvalue weighted by Crippen LogP contribution is 2.25. The third kappa shape index (κ3) is 3.79. The summed E-state index contributed by atoms with van der Waals surface area (Å²) in [7, 11) is 0. The summed E-state index contributed by atoms with van der Waals surface area (Å²) in [6.45, 7) is 1.89. The highest BCUT2D eigenvalue weighted by Gasteiger charge is 2.06. The van der Waals surface area contributed by atoms with Crippen molar-refractivity contribution >= 4 is 52.2 Å². The number of aryl methyl sites for hydroxylation is 1. The van der Waals surface area contributed by atoms with E-state index >= 15 is 0 Å². The molecule has 0 aromatic heterocycles. The average Bonchev–Trinajstić information content (AvgIpc) is 2.38. The van der Waals surface area contributed by atoms with E-state index in [0.29, 0.717) is 26.4 Å². The molecule has 0 spiro atoms. The second-order valence-electron chi connectivity index (χ2n) is 4.17. The molecule has 0 saturated heterocycles. The van der Waals surface area contributed by atoms with Crippen molar-refractivity contribution in [3.05, 3.63) is 57.0 Å². The van der Waals surface area contributed by atoms with E-state index in [1.54, 1.807) is 30.3 Å². The molecule has 0 fully saturated rings. The Hall–Kier alpha value is -1.42. The molecule has 3 nitrogen and oxygen atoms in total. The van der Waals surface area contributed by atoms with Crippen molar-refractivity contribution in [1.82, 2.24) is 0 Å². The Morgan fingerprint density at radius 3 is 1.95 bits per heavy atom. The Kier molecular flexibility index (Phi) is 4.76. The summed E-state index contributed by atoms with van der Waals surface area (Å²) < 4.78 is 0. The molecule has 0 aliphatic heterocycles. The first-order valence-electron chi connectivity index (χ1n) is 5.75. The Balaban J connectivity index is 2.04. The van der Waals surface area contributed by atoms with Crippen LogP contribution in [-0.2, 0) is 0 Å². The summed E-state index contributed by atoms with van der Waals surface area (Å²) in [5, 5.41) is 6.74. The number of carbonyl (C=O) groups excluding carboxylic acids is 1. The number of benzene rings is 2. The van der Waals surface area contributed by atoms with E-state index in [1.807, 2.05) is 13.0 Å². The smallest absolute Gasteiger partial charge is 0.308 e. The van der Waals surface area contributed by atoms with Gasteiger partial charge in [-0.05, 0) is 42.8 Å². The predicted molar refractivity (Wildman–Crippen MR) is 85.3 cm³/mol. The molecule has 2 N–H and O–H groups in total. The van der Waals surface area contributed by atoms with E-state index in [-0.39, 0.29) is 6.03 Å². The van der Waals surface area contributed by atoms with Crippen molar-refractivity contribution in [3.63, 3.8) is 0 Å². The summed E-state index contributed by atoms with van der Waals surface area (Å²) in [6, 6.07) is 9.75. The zero-order valence-electron chi connectivity index (χ0n) is 10.5. The first-order chi connectivity index (χ1) is 9.45. The second-order valence-corrected chi connectivity index (χ2v) is 5.39. The summed E-state index contributed by atoms with van der Waals surface area (Å²) >= 11 is 17.7. The monoisotopic (exact) mass is 328 g/mol. The highest BCUT2D eigenvalue weighted by atomic mass is 35.5. The normalized spacial score (nSPS) is 10.2. The van der Waals surface area contributed by atoms with Crippen molar-refractivity contribution in [1.29, 1.82) is 0 Å². The van der Waals surface area contributed by atoms with E-state index in [1.165, 1.54) is 0 Å².